The quantitative estimate of drug-likeness (QED) is 0.652. The van der Waals surface area contributed by atoms with Crippen molar-refractivity contribution >= 4 is 5.78 Å². The average molecular weight is 289 g/mol. The van der Waals surface area contributed by atoms with Crippen LogP contribution in [0.2, 0.25) is 0 Å². The summed E-state index contributed by atoms with van der Waals surface area (Å²) in [5.41, 5.74) is 1.25. The Bertz CT molecular complexity index is 395. The predicted octanol–water partition coefficient (Wildman–Crippen LogP) is 3.43. The number of unbranched alkanes of at least 4 members (excludes halogenated alkanes) is 3. The number of carbonyl (C=O) groups is 1. The van der Waals surface area contributed by atoms with E-state index < -0.39 is 0 Å². The Hall–Kier alpha value is -1.19. The molecule has 1 saturated heterocycles. The molecule has 2 rings (SSSR count). The summed E-state index contributed by atoms with van der Waals surface area (Å²) in [4.78, 5) is 13.6. The Morgan fingerprint density at radius 1 is 0.952 bits per heavy atom. The third-order valence-corrected chi connectivity index (χ3v) is 4.04. The van der Waals surface area contributed by atoms with E-state index in [1.165, 1.54) is 24.8 Å². The van der Waals surface area contributed by atoms with E-state index in [0.29, 0.717) is 5.78 Å². The first-order valence-electron chi connectivity index (χ1n) is 8.20. The lowest BCUT2D eigenvalue weighted by Crippen LogP contribution is -2.34. The van der Waals surface area contributed by atoms with E-state index in [1.54, 1.807) is 0 Å². The van der Waals surface area contributed by atoms with Gasteiger partial charge in [0, 0.05) is 32.5 Å². The van der Waals surface area contributed by atoms with Crippen LogP contribution in [0.25, 0.3) is 0 Å². The minimum Gasteiger partial charge on any atom is -0.377 e. The maximum Gasteiger partial charge on any atom is 0.135 e. The standard InChI is InChI=1S/C18H27NO2/c20-18-10-13-19(14-11-18)12-6-1-2-7-15-21-16-17-8-4-3-5-9-17/h3-5,8-9H,1-2,6-7,10-16H2. The number of Topliss-reactive ketones (excluding diaryl/α,β-unsaturated/α-hetero) is 1. The fraction of sp³-hybridized carbons (Fsp3) is 0.611. The van der Waals surface area contributed by atoms with Crippen LogP contribution >= 0.6 is 0 Å². The molecule has 0 N–H and O–H groups in total. The highest BCUT2D eigenvalue weighted by Crippen LogP contribution is 2.09. The molecule has 1 aliphatic heterocycles. The van der Waals surface area contributed by atoms with Crippen molar-refractivity contribution in [1.82, 2.24) is 4.90 Å². The molecule has 0 saturated carbocycles. The zero-order chi connectivity index (χ0) is 14.8. The van der Waals surface area contributed by atoms with Gasteiger partial charge < -0.3 is 9.64 Å². The van der Waals surface area contributed by atoms with Gasteiger partial charge in [-0.2, -0.15) is 0 Å². The Balaban J connectivity index is 1.39. The van der Waals surface area contributed by atoms with Crippen LogP contribution in [0.3, 0.4) is 0 Å². The molecular weight excluding hydrogens is 262 g/mol. The highest BCUT2D eigenvalue weighted by Gasteiger charge is 2.14. The van der Waals surface area contributed by atoms with Crippen molar-refractivity contribution in [1.29, 1.82) is 0 Å². The molecule has 0 aliphatic carbocycles. The summed E-state index contributed by atoms with van der Waals surface area (Å²) >= 11 is 0. The van der Waals surface area contributed by atoms with Crippen LogP contribution in [-0.2, 0) is 16.1 Å². The Morgan fingerprint density at radius 2 is 1.67 bits per heavy atom. The molecule has 0 aromatic heterocycles. The highest BCUT2D eigenvalue weighted by molar-refractivity contribution is 5.79. The summed E-state index contributed by atoms with van der Waals surface area (Å²) in [6, 6.07) is 10.3. The van der Waals surface area contributed by atoms with Crippen molar-refractivity contribution < 1.29 is 9.53 Å². The summed E-state index contributed by atoms with van der Waals surface area (Å²) < 4.78 is 5.68. The minimum atomic E-state index is 0.432. The zero-order valence-electron chi connectivity index (χ0n) is 12.9. The first-order chi connectivity index (χ1) is 10.3. The molecule has 0 atom stereocenters. The molecule has 21 heavy (non-hydrogen) atoms. The van der Waals surface area contributed by atoms with E-state index in [1.807, 2.05) is 18.2 Å². The number of ether oxygens (including phenoxy) is 1. The van der Waals surface area contributed by atoms with Gasteiger partial charge in [0.05, 0.1) is 6.61 Å². The number of benzene rings is 1. The lowest BCUT2D eigenvalue weighted by atomic mass is 10.1. The Labute approximate surface area is 128 Å². The molecule has 1 aliphatic rings. The van der Waals surface area contributed by atoms with E-state index in [0.717, 1.165) is 52.1 Å². The SMILES string of the molecule is O=C1CCN(CCCCCCOCc2ccccc2)CC1. The molecule has 3 heteroatoms. The molecular formula is C18H27NO2. The Kier molecular flexibility index (Phi) is 7.47. The topological polar surface area (TPSA) is 29.5 Å². The van der Waals surface area contributed by atoms with Gasteiger partial charge in [0.2, 0.25) is 0 Å². The van der Waals surface area contributed by atoms with Gasteiger partial charge in [0.15, 0.2) is 0 Å². The average Bonchev–Trinajstić information content (AvgIpc) is 2.53. The van der Waals surface area contributed by atoms with Crippen LogP contribution in [0.1, 0.15) is 44.1 Å². The summed E-state index contributed by atoms with van der Waals surface area (Å²) in [5, 5.41) is 0. The van der Waals surface area contributed by atoms with Crippen LogP contribution in [0.5, 0.6) is 0 Å². The number of carbonyl (C=O) groups excluding carboxylic acids is 1. The molecule has 1 aromatic carbocycles. The molecule has 0 bridgehead atoms. The van der Waals surface area contributed by atoms with E-state index in [2.05, 4.69) is 17.0 Å². The molecule has 0 spiro atoms. The second-order valence-electron chi connectivity index (χ2n) is 5.83. The van der Waals surface area contributed by atoms with E-state index in [-0.39, 0.29) is 0 Å². The smallest absolute Gasteiger partial charge is 0.135 e. The van der Waals surface area contributed by atoms with Crippen molar-refractivity contribution in [3.05, 3.63) is 35.9 Å². The largest absolute Gasteiger partial charge is 0.377 e. The second-order valence-corrected chi connectivity index (χ2v) is 5.83. The number of hydrogen-bond donors (Lipinski definition) is 0. The van der Waals surface area contributed by atoms with Crippen LogP contribution in [-0.4, -0.2) is 36.9 Å². The molecule has 0 unspecified atom stereocenters. The van der Waals surface area contributed by atoms with E-state index >= 15 is 0 Å². The molecule has 0 radical (unpaired) electrons. The summed E-state index contributed by atoms with van der Waals surface area (Å²) in [6.45, 7) is 4.67. The maximum atomic E-state index is 11.1. The van der Waals surface area contributed by atoms with Gasteiger partial charge in [-0.05, 0) is 24.9 Å². The van der Waals surface area contributed by atoms with Gasteiger partial charge in [-0.3, -0.25) is 4.79 Å². The van der Waals surface area contributed by atoms with Crippen molar-refractivity contribution in [3.8, 4) is 0 Å². The lowest BCUT2D eigenvalue weighted by molar-refractivity contribution is -0.121. The normalized spacial score (nSPS) is 16.3. The van der Waals surface area contributed by atoms with Crippen LogP contribution in [0.4, 0.5) is 0 Å². The maximum absolute atomic E-state index is 11.1. The number of rotatable bonds is 9. The van der Waals surface area contributed by atoms with Crippen LogP contribution in [0.15, 0.2) is 30.3 Å². The van der Waals surface area contributed by atoms with Crippen molar-refractivity contribution in [2.24, 2.45) is 0 Å². The van der Waals surface area contributed by atoms with Gasteiger partial charge in [0.25, 0.3) is 0 Å². The number of ketones is 1. The molecule has 1 heterocycles. The Morgan fingerprint density at radius 3 is 2.43 bits per heavy atom. The molecule has 116 valence electrons. The summed E-state index contributed by atoms with van der Waals surface area (Å²) in [7, 11) is 0. The first-order valence-corrected chi connectivity index (χ1v) is 8.20. The summed E-state index contributed by atoms with van der Waals surface area (Å²) in [6.07, 6.45) is 6.40. The highest BCUT2D eigenvalue weighted by atomic mass is 16.5. The van der Waals surface area contributed by atoms with Gasteiger partial charge in [-0.25, -0.2) is 0 Å². The number of nitrogens with zero attached hydrogens (tertiary/aromatic N) is 1. The lowest BCUT2D eigenvalue weighted by Gasteiger charge is -2.25. The van der Waals surface area contributed by atoms with Crippen LogP contribution < -0.4 is 0 Å². The van der Waals surface area contributed by atoms with Crippen molar-refractivity contribution in [2.75, 3.05) is 26.2 Å². The van der Waals surface area contributed by atoms with E-state index in [4.69, 9.17) is 4.74 Å². The fourth-order valence-electron chi connectivity index (χ4n) is 2.68. The van der Waals surface area contributed by atoms with Gasteiger partial charge in [-0.1, -0.05) is 43.2 Å². The third kappa shape index (κ3) is 6.87. The molecule has 1 fully saturated rings. The summed E-state index contributed by atoms with van der Waals surface area (Å²) in [5.74, 6) is 0.432. The monoisotopic (exact) mass is 289 g/mol. The van der Waals surface area contributed by atoms with Gasteiger partial charge in [0.1, 0.15) is 5.78 Å². The van der Waals surface area contributed by atoms with Crippen LogP contribution in [0, 0.1) is 0 Å². The third-order valence-electron chi connectivity index (χ3n) is 4.04. The van der Waals surface area contributed by atoms with E-state index in [9.17, 15) is 4.79 Å². The molecule has 3 nitrogen and oxygen atoms in total. The molecule has 0 amide bonds. The number of likely N-dealkylation sites (tertiary alicyclic amines) is 1. The zero-order valence-corrected chi connectivity index (χ0v) is 12.9. The van der Waals surface area contributed by atoms with Crippen molar-refractivity contribution in [3.63, 3.8) is 0 Å². The number of hydrogen-bond acceptors (Lipinski definition) is 3. The predicted molar refractivity (Wildman–Crippen MR) is 85.2 cm³/mol. The molecule has 1 aromatic rings. The van der Waals surface area contributed by atoms with Gasteiger partial charge >= 0.3 is 0 Å². The second kappa shape index (κ2) is 9.69. The number of piperidine rings is 1. The minimum absolute atomic E-state index is 0.432. The fourth-order valence-corrected chi connectivity index (χ4v) is 2.68. The van der Waals surface area contributed by atoms with Gasteiger partial charge in [-0.15, -0.1) is 0 Å². The first kappa shape index (κ1) is 16.2. The van der Waals surface area contributed by atoms with Crippen molar-refractivity contribution in [2.45, 2.75) is 45.1 Å².